The van der Waals surface area contributed by atoms with Gasteiger partial charge in [0.1, 0.15) is 5.75 Å². The molecule has 32 heavy (non-hydrogen) atoms. The summed E-state index contributed by atoms with van der Waals surface area (Å²) in [6, 6.07) is 20.9. The summed E-state index contributed by atoms with van der Waals surface area (Å²) >= 11 is 11.8. The smallest absolute Gasteiger partial charge is 0.258 e. The van der Waals surface area contributed by atoms with Crippen LogP contribution in [0.15, 0.2) is 88.1 Å². The molecule has 0 saturated carbocycles. The van der Waals surface area contributed by atoms with Gasteiger partial charge in [0.05, 0.1) is 19.5 Å². The molecular formula is C23H19Cl2N5O2. The minimum Gasteiger partial charge on any atom is -0.497 e. The van der Waals surface area contributed by atoms with Gasteiger partial charge in [0, 0.05) is 15.6 Å². The number of guanidine groups is 1. The summed E-state index contributed by atoms with van der Waals surface area (Å²) in [5, 5.41) is 16.1. The summed E-state index contributed by atoms with van der Waals surface area (Å²) in [6.07, 6.45) is 3.09. The highest BCUT2D eigenvalue weighted by molar-refractivity contribution is 6.30. The molecule has 2 N–H and O–H groups in total. The molecule has 0 unspecified atom stereocenters. The average Bonchev–Trinajstić information content (AvgIpc) is 2.81. The molecule has 9 heteroatoms. The molecule has 3 rings (SSSR count). The Balaban J connectivity index is 1.76. The number of hydrazone groups is 1. The fourth-order valence-electron chi connectivity index (χ4n) is 2.44. The molecule has 7 nitrogen and oxygen atoms in total. The third-order valence-electron chi connectivity index (χ3n) is 4.05. The molecule has 0 bridgehead atoms. The van der Waals surface area contributed by atoms with Crippen LogP contribution in [-0.4, -0.2) is 31.4 Å². The Morgan fingerprint density at radius 3 is 2.16 bits per heavy atom. The molecule has 0 heterocycles. The van der Waals surface area contributed by atoms with Crippen molar-refractivity contribution < 1.29 is 9.53 Å². The van der Waals surface area contributed by atoms with E-state index in [0.717, 1.165) is 11.1 Å². The molecular weight excluding hydrogens is 449 g/mol. The van der Waals surface area contributed by atoms with Crippen molar-refractivity contribution in [2.45, 2.75) is 0 Å². The SMILES string of the molecule is COc1cccc(C(=O)NC(=N/N=C/c2ccc(Cl)cc2)N/N=C/c2ccc(Cl)cc2)c1. The van der Waals surface area contributed by atoms with Crippen molar-refractivity contribution in [1.82, 2.24) is 10.7 Å². The van der Waals surface area contributed by atoms with Crippen LogP contribution >= 0.6 is 23.2 Å². The number of carbonyl (C=O) groups is 1. The molecule has 0 fully saturated rings. The van der Waals surface area contributed by atoms with E-state index >= 15 is 0 Å². The number of halogens is 2. The van der Waals surface area contributed by atoms with Crippen LogP contribution in [0.4, 0.5) is 0 Å². The highest BCUT2D eigenvalue weighted by atomic mass is 35.5. The van der Waals surface area contributed by atoms with E-state index in [4.69, 9.17) is 27.9 Å². The van der Waals surface area contributed by atoms with Gasteiger partial charge in [-0.3, -0.25) is 10.1 Å². The summed E-state index contributed by atoms with van der Waals surface area (Å²) in [7, 11) is 1.53. The van der Waals surface area contributed by atoms with Crippen molar-refractivity contribution in [3.63, 3.8) is 0 Å². The predicted octanol–water partition coefficient (Wildman–Crippen LogP) is 4.75. The molecule has 1 amide bonds. The van der Waals surface area contributed by atoms with E-state index in [2.05, 4.69) is 26.0 Å². The Kier molecular flexibility index (Phi) is 8.36. The van der Waals surface area contributed by atoms with Crippen LogP contribution in [0.2, 0.25) is 10.0 Å². The number of hydrogen-bond donors (Lipinski definition) is 2. The van der Waals surface area contributed by atoms with Gasteiger partial charge >= 0.3 is 0 Å². The summed E-state index contributed by atoms with van der Waals surface area (Å²) in [4.78, 5) is 12.6. The van der Waals surface area contributed by atoms with Gasteiger partial charge in [-0.25, -0.2) is 5.43 Å². The third kappa shape index (κ3) is 7.23. The number of nitrogens with one attached hydrogen (secondary N) is 2. The zero-order valence-electron chi connectivity index (χ0n) is 17.0. The van der Waals surface area contributed by atoms with Gasteiger partial charge in [-0.05, 0) is 53.6 Å². The zero-order chi connectivity index (χ0) is 22.8. The number of rotatable bonds is 6. The fraction of sp³-hybridized carbons (Fsp3) is 0.0435. The predicted molar refractivity (Wildman–Crippen MR) is 129 cm³/mol. The van der Waals surface area contributed by atoms with Crippen LogP contribution in [0.25, 0.3) is 0 Å². The Hall–Kier alpha value is -3.68. The highest BCUT2D eigenvalue weighted by Gasteiger charge is 2.09. The van der Waals surface area contributed by atoms with Gasteiger partial charge in [-0.1, -0.05) is 53.5 Å². The average molecular weight is 468 g/mol. The van der Waals surface area contributed by atoms with Crippen LogP contribution in [0, 0.1) is 0 Å². The molecule has 0 aliphatic heterocycles. The molecule has 0 aromatic heterocycles. The lowest BCUT2D eigenvalue weighted by atomic mass is 10.2. The number of benzene rings is 3. The number of methoxy groups -OCH3 is 1. The van der Waals surface area contributed by atoms with Gasteiger partial charge in [0.2, 0.25) is 5.96 Å². The van der Waals surface area contributed by atoms with Crippen molar-refractivity contribution in [2.24, 2.45) is 15.3 Å². The van der Waals surface area contributed by atoms with Crippen LogP contribution in [-0.2, 0) is 0 Å². The van der Waals surface area contributed by atoms with Crippen LogP contribution < -0.4 is 15.5 Å². The Bertz CT molecular complexity index is 1140. The number of nitrogens with zero attached hydrogens (tertiary/aromatic N) is 3. The first-order valence-corrected chi connectivity index (χ1v) is 10.2. The largest absolute Gasteiger partial charge is 0.497 e. The molecule has 162 valence electrons. The maximum atomic E-state index is 12.6. The van der Waals surface area contributed by atoms with E-state index in [1.165, 1.54) is 13.3 Å². The van der Waals surface area contributed by atoms with Gasteiger partial charge < -0.3 is 4.74 Å². The maximum Gasteiger partial charge on any atom is 0.258 e. The first-order chi connectivity index (χ1) is 15.5. The monoisotopic (exact) mass is 467 g/mol. The van der Waals surface area contributed by atoms with Crippen LogP contribution in [0.1, 0.15) is 21.5 Å². The first kappa shape index (κ1) is 23.0. The summed E-state index contributed by atoms with van der Waals surface area (Å²) in [5.74, 6) is 0.192. The lowest BCUT2D eigenvalue weighted by molar-refractivity contribution is 0.0975. The van der Waals surface area contributed by atoms with Crippen molar-refractivity contribution >= 4 is 47.5 Å². The van der Waals surface area contributed by atoms with Gasteiger partial charge in [-0.15, -0.1) is 5.10 Å². The molecule has 0 saturated heterocycles. The van der Waals surface area contributed by atoms with E-state index in [1.54, 1.807) is 79.0 Å². The number of ether oxygens (including phenoxy) is 1. The second-order valence-corrected chi connectivity index (χ2v) is 7.23. The summed E-state index contributed by atoms with van der Waals surface area (Å²) in [6.45, 7) is 0. The van der Waals surface area contributed by atoms with E-state index in [9.17, 15) is 4.79 Å². The topological polar surface area (TPSA) is 87.4 Å². The number of carbonyl (C=O) groups excluding carboxylic acids is 1. The second kappa shape index (κ2) is 11.6. The van der Waals surface area contributed by atoms with E-state index in [-0.39, 0.29) is 5.96 Å². The second-order valence-electron chi connectivity index (χ2n) is 6.35. The standard InChI is InChI=1S/C23H19Cl2N5O2/c1-32-21-4-2-3-18(13-21)22(31)28-23(29-26-14-16-5-9-19(24)10-6-16)30-27-15-17-7-11-20(25)12-8-17/h2-15H,1H3,(H2,28,29,30,31)/b26-14+,27-15+. The molecule has 0 aliphatic rings. The van der Waals surface area contributed by atoms with Gasteiger partial charge in [0.15, 0.2) is 0 Å². The molecule has 0 spiro atoms. The Morgan fingerprint density at radius 2 is 1.53 bits per heavy atom. The van der Waals surface area contributed by atoms with Crippen LogP contribution in [0.3, 0.4) is 0 Å². The Morgan fingerprint density at radius 1 is 0.906 bits per heavy atom. The minimum absolute atomic E-state index is 0.0354. The van der Waals surface area contributed by atoms with Gasteiger partial charge in [0.25, 0.3) is 5.91 Å². The van der Waals surface area contributed by atoms with Crippen molar-refractivity contribution in [3.05, 3.63) is 99.5 Å². The number of amides is 1. The molecule has 0 atom stereocenters. The first-order valence-electron chi connectivity index (χ1n) is 9.40. The van der Waals surface area contributed by atoms with E-state index < -0.39 is 5.91 Å². The van der Waals surface area contributed by atoms with Gasteiger partial charge in [-0.2, -0.15) is 10.2 Å². The van der Waals surface area contributed by atoms with E-state index in [0.29, 0.717) is 21.4 Å². The molecule has 3 aromatic rings. The van der Waals surface area contributed by atoms with Crippen molar-refractivity contribution in [2.75, 3.05) is 7.11 Å². The van der Waals surface area contributed by atoms with E-state index in [1.807, 2.05) is 0 Å². The number of hydrogen-bond acceptors (Lipinski definition) is 5. The summed E-state index contributed by atoms with van der Waals surface area (Å²) in [5.41, 5.74) is 4.69. The zero-order valence-corrected chi connectivity index (χ0v) is 18.5. The molecule has 0 radical (unpaired) electrons. The summed E-state index contributed by atoms with van der Waals surface area (Å²) < 4.78 is 5.16. The quantitative estimate of drug-likeness (QED) is 0.311. The lowest BCUT2D eigenvalue weighted by Crippen LogP contribution is -2.38. The minimum atomic E-state index is -0.404. The maximum absolute atomic E-state index is 12.6. The lowest BCUT2D eigenvalue weighted by Gasteiger charge is -2.08. The molecule has 3 aromatic carbocycles. The molecule has 0 aliphatic carbocycles. The third-order valence-corrected chi connectivity index (χ3v) is 4.56. The fourth-order valence-corrected chi connectivity index (χ4v) is 2.69. The highest BCUT2D eigenvalue weighted by Crippen LogP contribution is 2.12. The van der Waals surface area contributed by atoms with Crippen molar-refractivity contribution in [1.29, 1.82) is 0 Å². The normalized spacial score (nSPS) is 11.7. The van der Waals surface area contributed by atoms with Crippen LogP contribution in [0.5, 0.6) is 5.75 Å². The Labute approximate surface area is 195 Å². The van der Waals surface area contributed by atoms with Crippen molar-refractivity contribution in [3.8, 4) is 5.75 Å².